The van der Waals surface area contributed by atoms with Crippen molar-refractivity contribution in [3.05, 3.63) is 35.4 Å². The maximum absolute atomic E-state index is 13.8. The van der Waals surface area contributed by atoms with Crippen molar-refractivity contribution in [3.8, 4) is 0 Å². The molecule has 1 amide bonds. The monoisotopic (exact) mass is 374 g/mol. The minimum atomic E-state index is -0.458. The Balaban J connectivity index is 0.00000225. The van der Waals surface area contributed by atoms with Crippen LogP contribution in [0.15, 0.2) is 18.2 Å². The molecule has 1 aliphatic carbocycles. The molecule has 1 saturated heterocycles. The molecule has 2 N–H and O–H groups in total. The molecule has 0 spiro atoms. The van der Waals surface area contributed by atoms with E-state index in [2.05, 4.69) is 0 Å². The van der Waals surface area contributed by atoms with Gasteiger partial charge >= 0.3 is 0 Å². The van der Waals surface area contributed by atoms with Gasteiger partial charge in [0.2, 0.25) is 5.91 Å². The topological polar surface area (TPSA) is 55.6 Å². The predicted octanol–water partition coefficient (Wildman–Crippen LogP) is 2.85. The van der Waals surface area contributed by atoms with Gasteiger partial charge in [0, 0.05) is 25.6 Å². The van der Waals surface area contributed by atoms with E-state index in [1.54, 1.807) is 0 Å². The van der Waals surface area contributed by atoms with Crippen LogP contribution in [-0.2, 0) is 9.53 Å². The second kappa shape index (κ2) is 8.92. The van der Waals surface area contributed by atoms with Crippen LogP contribution in [0.25, 0.3) is 0 Å². The van der Waals surface area contributed by atoms with Gasteiger partial charge in [0.05, 0.1) is 6.10 Å². The lowest BCUT2D eigenvalue weighted by molar-refractivity contribution is -0.135. The van der Waals surface area contributed by atoms with Crippen molar-refractivity contribution in [2.24, 2.45) is 11.7 Å². The summed E-state index contributed by atoms with van der Waals surface area (Å²) in [6.45, 7) is 2.62. The van der Waals surface area contributed by atoms with E-state index in [9.17, 15) is 13.6 Å². The minimum Gasteiger partial charge on any atom is -0.378 e. The first-order chi connectivity index (χ1) is 11.6. The summed E-state index contributed by atoms with van der Waals surface area (Å²) in [6, 6.07) is 3.45. The van der Waals surface area contributed by atoms with Gasteiger partial charge in [0.1, 0.15) is 11.6 Å². The molecular weight excluding hydrogens is 350 g/mol. The summed E-state index contributed by atoms with van der Waals surface area (Å²) in [7, 11) is 0. The number of rotatable bonds is 6. The highest BCUT2D eigenvalue weighted by Gasteiger charge is 2.47. The summed E-state index contributed by atoms with van der Waals surface area (Å²) in [5, 5.41) is 0. The van der Waals surface area contributed by atoms with E-state index in [1.165, 1.54) is 6.07 Å². The van der Waals surface area contributed by atoms with Crippen molar-refractivity contribution in [2.75, 3.05) is 26.2 Å². The highest BCUT2D eigenvalue weighted by atomic mass is 35.5. The molecule has 0 bridgehead atoms. The largest absolute Gasteiger partial charge is 0.378 e. The number of piperidine rings is 1. The number of carbonyl (C=O) groups excluding carboxylic acids is 1. The third-order valence-electron chi connectivity index (χ3n) is 4.92. The first-order valence-electron chi connectivity index (χ1n) is 8.65. The van der Waals surface area contributed by atoms with Crippen LogP contribution >= 0.6 is 12.4 Å². The molecule has 1 saturated carbocycles. The Morgan fingerprint density at radius 2 is 2.00 bits per heavy atom. The highest BCUT2D eigenvalue weighted by molar-refractivity contribution is 5.85. The Labute approximate surface area is 153 Å². The van der Waals surface area contributed by atoms with Crippen LogP contribution in [0.2, 0.25) is 0 Å². The smallest absolute Gasteiger partial charge is 0.226 e. The first kappa shape index (κ1) is 20.1. The van der Waals surface area contributed by atoms with E-state index in [-0.39, 0.29) is 36.3 Å². The average molecular weight is 375 g/mol. The van der Waals surface area contributed by atoms with Crippen molar-refractivity contribution in [1.82, 2.24) is 4.90 Å². The molecule has 7 heteroatoms. The molecule has 2 atom stereocenters. The maximum atomic E-state index is 13.8. The molecule has 1 heterocycles. The van der Waals surface area contributed by atoms with Crippen LogP contribution in [-0.4, -0.2) is 43.2 Å². The Morgan fingerprint density at radius 3 is 2.68 bits per heavy atom. The van der Waals surface area contributed by atoms with Gasteiger partial charge < -0.3 is 15.4 Å². The predicted molar refractivity (Wildman–Crippen MR) is 93.7 cm³/mol. The van der Waals surface area contributed by atoms with Crippen LogP contribution in [0.5, 0.6) is 0 Å². The number of benzene rings is 1. The van der Waals surface area contributed by atoms with E-state index in [0.717, 1.165) is 31.4 Å². The number of carbonyl (C=O) groups is 1. The zero-order chi connectivity index (χ0) is 17.1. The van der Waals surface area contributed by atoms with Gasteiger partial charge in [-0.2, -0.15) is 0 Å². The Bertz CT molecular complexity index is 594. The van der Waals surface area contributed by atoms with Gasteiger partial charge in [-0.1, -0.05) is 0 Å². The molecule has 1 aromatic rings. The molecule has 140 valence electrons. The third kappa shape index (κ3) is 4.90. The fraction of sp³-hybridized carbons (Fsp3) is 0.611. The zero-order valence-corrected chi connectivity index (χ0v) is 14.9. The normalized spacial score (nSPS) is 23.2. The number of halogens is 3. The summed E-state index contributed by atoms with van der Waals surface area (Å²) >= 11 is 0. The molecule has 2 aliphatic rings. The third-order valence-corrected chi connectivity index (χ3v) is 4.92. The van der Waals surface area contributed by atoms with Gasteiger partial charge in [-0.3, -0.25) is 4.79 Å². The van der Waals surface area contributed by atoms with E-state index >= 15 is 0 Å². The lowest BCUT2D eigenvalue weighted by atomic mass is 10.1. The fourth-order valence-electron chi connectivity index (χ4n) is 3.42. The van der Waals surface area contributed by atoms with Crippen LogP contribution in [0, 0.1) is 17.6 Å². The second-order valence-corrected chi connectivity index (χ2v) is 6.65. The van der Waals surface area contributed by atoms with Gasteiger partial charge in [0.15, 0.2) is 0 Å². The summed E-state index contributed by atoms with van der Waals surface area (Å²) in [6.07, 6.45) is 3.29. The molecule has 1 aromatic carbocycles. The van der Waals surface area contributed by atoms with E-state index < -0.39 is 11.6 Å². The van der Waals surface area contributed by atoms with Crippen LogP contribution < -0.4 is 5.73 Å². The summed E-state index contributed by atoms with van der Waals surface area (Å²) in [5.74, 6) is -1.23. The van der Waals surface area contributed by atoms with Crippen molar-refractivity contribution >= 4 is 18.3 Å². The molecule has 25 heavy (non-hydrogen) atoms. The van der Waals surface area contributed by atoms with Crippen LogP contribution in [0.1, 0.15) is 37.2 Å². The van der Waals surface area contributed by atoms with Gasteiger partial charge in [-0.25, -0.2) is 8.78 Å². The highest BCUT2D eigenvalue weighted by Crippen LogP contribution is 2.49. The standard InChI is InChI=1S/C18H24F2N2O2.ClH/c19-12-2-3-17(20)15(10-12)14-11-16(14)18(23)22-7-4-13(5-8-22)24-9-1-6-21;/h2-3,10,13-14,16H,1,4-9,11,21H2;1H. The Morgan fingerprint density at radius 1 is 1.28 bits per heavy atom. The lowest BCUT2D eigenvalue weighted by Gasteiger charge is -2.32. The molecule has 0 aromatic heterocycles. The number of ether oxygens (including phenoxy) is 1. The molecule has 2 unspecified atom stereocenters. The SMILES string of the molecule is Cl.NCCCOC1CCN(C(=O)C2CC2c2cc(F)ccc2F)CC1. The number of hydrogen-bond acceptors (Lipinski definition) is 3. The Kier molecular flexibility index (Phi) is 7.16. The molecule has 0 radical (unpaired) electrons. The van der Waals surface area contributed by atoms with Gasteiger partial charge in [-0.05, 0) is 61.9 Å². The lowest BCUT2D eigenvalue weighted by Crippen LogP contribution is -2.42. The quantitative estimate of drug-likeness (QED) is 0.779. The zero-order valence-electron chi connectivity index (χ0n) is 14.1. The molecule has 4 nitrogen and oxygen atoms in total. The minimum absolute atomic E-state index is 0. The van der Waals surface area contributed by atoms with Crippen molar-refractivity contribution < 1.29 is 18.3 Å². The van der Waals surface area contributed by atoms with Crippen molar-refractivity contribution in [1.29, 1.82) is 0 Å². The number of hydrogen-bond donors (Lipinski definition) is 1. The Hall–Kier alpha value is -1.24. The summed E-state index contributed by atoms with van der Waals surface area (Å²) in [4.78, 5) is 14.4. The average Bonchev–Trinajstić information content (AvgIpc) is 3.38. The molecule has 3 rings (SSSR count). The number of likely N-dealkylation sites (tertiary alicyclic amines) is 1. The van der Waals surface area contributed by atoms with Gasteiger partial charge in [0.25, 0.3) is 0 Å². The molecule has 1 aliphatic heterocycles. The number of nitrogens with two attached hydrogens (primary N) is 1. The van der Waals surface area contributed by atoms with Crippen LogP contribution in [0.4, 0.5) is 8.78 Å². The van der Waals surface area contributed by atoms with Crippen molar-refractivity contribution in [2.45, 2.75) is 37.7 Å². The van der Waals surface area contributed by atoms with Crippen molar-refractivity contribution in [3.63, 3.8) is 0 Å². The maximum Gasteiger partial charge on any atom is 0.226 e. The first-order valence-corrected chi connectivity index (χ1v) is 8.65. The van der Waals surface area contributed by atoms with Gasteiger partial charge in [-0.15, -0.1) is 12.4 Å². The summed E-state index contributed by atoms with van der Waals surface area (Å²) < 4.78 is 32.9. The number of amides is 1. The van der Waals surface area contributed by atoms with E-state index in [4.69, 9.17) is 10.5 Å². The molecular formula is C18H25ClF2N2O2. The number of nitrogens with zero attached hydrogens (tertiary/aromatic N) is 1. The van der Waals surface area contributed by atoms with Crippen LogP contribution in [0.3, 0.4) is 0 Å². The molecule has 2 fully saturated rings. The van der Waals surface area contributed by atoms with E-state index in [0.29, 0.717) is 38.2 Å². The second-order valence-electron chi connectivity index (χ2n) is 6.65. The van der Waals surface area contributed by atoms with E-state index in [1.807, 2.05) is 4.90 Å². The summed E-state index contributed by atoms with van der Waals surface area (Å²) in [5.41, 5.74) is 5.77. The fourth-order valence-corrected chi connectivity index (χ4v) is 3.42.